The highest BCUT2D eigenvalue weighted by Gasteiger charge is 2.09. The van der Waals surface area contributed by atoms with Crippen LogP contribution in [0.5, 0.6) is 0 Å². The van der Waals surface area contributed by atoms with E-state index < -0.39 is 0 Å². The van der Waals surface area contributed by atoms with Crippen molar-refractivity contribution in [2.24, 2.45) is 0 Å². The molecule has 1 saturated carbocycles. The maximum atomic E-state index is 4.00. The van der Waals surface area contributed by atoms with Gasteiger partial charge >= 0.3 is 0 Å². The SMILES string of the molecule is [Cl-].[NH3+]C1CCCCC1. The Morgan fingerprint density at radius 3 is 1.75 bits per heavy atom. The summed E-state index contributed by atoms with van der Waals surface area (Å²) in [6, 6.07) is 0.786. The van der Waals surface area contributed by atoms with Crippen molar-refractivity contribution < 1.29 is 18.1 Å². The molecule has 1 aliphatic rings. The molecule has 0 aromatic rings. The van der Waals surface area contributed by atoms with Gasteiger partial charge in [0.15, 0.2) is 0 Å². The third-order valence-electron chi connectivity index (χ3n) is 1.72. The first-order valence-corrected chi connectivity index (χ1v) is 3.22. The summed E-state index contributed by atoms with van der Waals surface area (Å²) in [4.78, 5) is 0. The van der Waals surface area contributed by atoms with E-state index in [1.165, 1.54) is 32.1 Å². The Morgan fingerprint density at radius 2 is 1.50 bits per heavy atom. The molecule has 0 amide bonds. The predicted octanol–water partition coefficient (Wildman–Crippen LogP) is -2.43. The minimum Gasteiger partial charge on any atom is -1.00 e. The Balaban J connectivity index is 0.000000490. The molecule has 1 nitrogen and oxygen atoms in total. The van der Waals surface area contributed by atoms with Gasteiger partial charge in [0.2, 0.25) is 0 Å². The van der Waals surface area contributed by atoms with Gasteiger partial charge in [0, 0.05) is 0 Å². The zero-order valence-electron chi connectivity index (χ0n) is 5.20. The van der Waals surface area contributed by atoms with E-state index >= 15 is 0 Å². The van der Waals surface area contributed by atoms with Crippen LogP contribution in [0, 0.1) is 0 Å². The maximum absolute atomic E-state index is 4.00. The summed E-state index contributed by atoms with van der Waals surface area (Å²) in [5.41, 5.74) is 4.00. The first-order chi connectivity index (χ1) is 3.39. The van der Waals surface area contributed by atoms with Crippen LogP contribution in [0.2, 0.25) is 0 Å². The van der Waals surface area contributed by atoms with Crippen LogP contribution in [0.1, 0.15) is 32.1 Å². The van der Waals surface area contributed by atoms with Crippen LogP contribution in [0.15, 0.2) is 0 Å². The molecule has 0 spiro atoms. The monoisotopic (exact) mass is 135 g/mol. The normalized spacial score (nSPS) is 22.1. The Morgan fingerprint density at radius 1 is 1.00 bits per heavy atom. The average molecular weight is 136 g/mol. The third-order valence-corrected chi connectivity index (χ3v) is 1.72. The molecule has 0 aliphatic heterocycles. The lowest BCUT2D eigenvalue weighted by atomic mass is 9.97. The second-order valence-electron chi connectivity index (χ2n) is 2.50. The van der Waals surface area contributed by atoms with E-state index in [-0.39, 0.29) is 12.4 Å². The lowest BCUT2D eigenvalue weighted by Gasteiger charge is -2.12. The predicted molar refractivity (Wildman–Crippen MR) is 29.8 cm³/mol. The van der Waals surface area contributed by atoms with E-state index in [1.807, 2.05) is 0 Å². The Bertz CT molecular complexity index is 50.5. The van der Waals surface area contributed by atoms with Gasteiger partial charge in [0.1, 0.15) is 0 Å². The first kappa shape index (κ1) is 8.25. The number of hydrogen-bond donors (Lipinski definition) is 1. The van der Waals surface area contributed by atoms with Crippen LogP contribution < -0.4 is 18.1 Å². The van der Waals surface area contributed by atoms with E-state index in [9.17, 15) is 0 Å². The van der Waals surface area contributed by atoms with Crippen LogP contribution in [0.25, 0.3) is 0 Å². The van der Waals surface area contributed by atoms with Crippen LogP contribution in [-0.4, -0.2) is 6.04 Å². The van der Waals surface area contributed by atoms with E-state index in [1.54, 1.807) is 0 Å². The summed E-state index contributed by atoms with van der Waals surface area (Å²) in [6.45, 7) is 0. The van der Waals surface area contributed by atoms with Crippen molar-refractivity contribution in [3.63, 3.8) is 0 Å². The number of rotatable bonds is 0. The highest BCUT2D eigenvalue weighted by Crippen LogP contribution is 2.13. The summed E-state index contributed by atoms with van der Waals surface area (Å²) in [7, 11) is 0. The Hall–Kier alpha value is 0.250. The quantitative estimate of drug-likeness (QED) is 0.383. The van der Waals surface area contributed by atoms with Crippen LogP contribution in [-0.2, 0) is 0 Å². The fourth-order valence-corrected chi connectivity index (χ4v) is 1.19. The summed E-state index contributed by atoms with van der Waals surface area (Å²) in [5, 5.41) is 0. The first-order valence-electron chi connectivity index (χ1n) is 3.22. The zero-order valence-corrected chi connectivity index (χ0v) is 5.95. The third kappa shape index (κ3) is 2.53. The lowest BCUT2D eigenvalue weighted by molar-refractivity contribution is -0.425. The van der Waals surface area contributed by atoms with Gasteiger partial charge in [-0.2, -0.15) is 0 Å². The molecule has 2 heteroatoms. The number of halogens is 1. The van der Waals surface area contributed by atoms with Crippen molar-refractivity contribution in [3.8, 4) is 0 Å². The number of quaternary nitrogens is 1. The standard InChI is InChI=1S/C6H13N.ClH/c7-6-4-2-1-3-5-6;/h6H,1-5,7H2;1H. The molecule has 0 heterocycles. The molecule has 0 bridgehead atoms. The molecule has 0 aromatic heterocycles. The smallest absolute Gasteiger partial charge is 0.0843 e. The molecule has 0 radical (unpaired) electrons. The van der Waals surface area contributed by atoms with Gasteiger partial charge in [0.05, 0.1) is 6.04 Å². The number of hydrogen-bond acceptors (Lipinski definition) is 0. The maximum Gasteiger partial charge on any atom is 0.0843 e. The van der Waals surface area contributed by atoms with Crippen molar-refractivity contribution in [2.45, 2.75) is 38.1 Å². The molecule has 0 saturated heterocycles. The van der Waals surface area contributed by atoms with Crippen molar-refractivity contribution in [1.82, 2.24) is 0 Å². The molecule has 1 aliphatic carbocycles. The van der Waals surface area contributed by atoms with Crippen LogP contribution >= 0.6 is 0 Å². The van der Waals surface area contributed by atoms with Crippen molar-refractivity contribution >= 4 is 0 Å². The summed E-state index contributed by atoms with van der Waals surface area (Å²) in [6.07, 6.45) is 7.05. The molecule has 3 N–H and O–H groups in total. The van der Waals surface area contributed by atoms with E-state index in [0.717, 1.165) is 6.04 Å². The highest BCUT2D eigenvalue weighted by molar-refractivity contribution is 4.60. The molecule has 1 rings (SSSR count). The van der Waals surface area contributed by atoms with Crippen molar-refractivity contribution in [2.75, 3.05) is 0 Å². The largest absolute Gasteiger partial charge is 1.00 e. The molecule has 0 aromatic carbocycles. The molecular formula is C6H14ClN. The highest BCUT2D eigenvalue weighted by atomic mass is 35.5. The van der Waals surface area contributed by atoms with Gasteiger partial charge in [-0.15, -0.1) is 0 Å². The Labute approximate surface area is 57.1 Å². The second-order valence-corrected chi connectivity index (χ2v) is 2.50. The minimum absolute atomic E-state index is 0. The Kier molecular flexibility index (Phi) is 4.29. The van der Waals surface area contributed by atoms with Gasteiger partial charge < -0.3 is 18.1 Å². The van der Waals surface area contributed by atoms with Crippen LogP contribution in [0.4, 0.5) is 0 Å². The van der Waals surface area contributed by atoms with Gasteiger partial charge in [-0.25, -0.2) is 0 Å². The van der Waals surface area contributed by atoms with E-state index in [4.69, 9.17) is 0 Å². The van der Waals surface area contributed by atoms with Crippen molar-refractivity contribution in [3.05, 3.63) is 0 Å². The van der Waals surface area contributed by atoms with Gasteiger partial charge in [-0.05, 0) is 25.7 Å². The minimum atomic E-state index is 0. The molecule has 50 valence electrons. The average Bonchev–Trinajstić information content (AvgIpc) is 1.69. The summed E-state index contributed by atoms with van der Waals surface area (Å²) < 4.78 is 0. The van der Waals surface area contributed by atoms with Gasteiger partial charge in [-0.3, -0.25) is 0 Å². The fourth-order valence-electron chi connectivity index (χ4n) is 1.19. The van der Waals surface area contributed by atoms with Crippen LogP contribution in [0.3, 0.4) is 0 Å². The zero-order chi connectivity index (χ0) is 5.11. The molecular weight excluding hydrogens is 122 g/mol. The molecule has 0 atom stereocenters. The van der Waals surface area contributed by atoms with Gasteiger partial charge in [-0.1, -0.05) is 6.42 Å². The molecule has 0 unspecified atom stereocenters. The van der Waals surface area contributed by atoms with E-state index in [0.29, 0.717) is 0 Å². The topological polar surface area (TPSA) is 27.6 Å². The fraction of sp³-hybridized carbons (Fsp3) is 1.00. The summed E-state index contributed by atoms with van der Waals surface area (Å²) in [5.74, 6) is 0. The van der Waals surface area contributed by atoms with Gasteiger partial charge in [0.25, 0.3) is 0 Å². The van der Waals surface area contributed by atoms with Crippen molar-refractivity contribution in [1.29, 1.82) is 0 Å². The van der Waals surface area contributed by atoms with E-state index in [2.05, 4.69) is 5.73 Å². The lowest BCUT2D eigenvalue weighted by Crippen LogP contribution is -3.00. The second kappa shape index (κ2) is 4.16. The summed E-state index contributed by atoms with van der Waals surface area (Å²) >= 11 is 0. The molecule has 1 fully saturated rings. The molecule has 8 heavy (non-hydrogen) atoms.